The molecule has 78 valence electrons. The summed E-state index contributed by atoms with van der Waals surface area (Å²) in [4.78, 5) is 4.43. The van der Waals surface area contributed by atoms with Crippen LogP contribution in [0.4, 0.5) is 0 Å². The molecule has 0 spiro atoms. The molecule has 0 unspecified atom stereocenters. The van der Waals surface area contributed by atoms with Crippen LogP contribution in [0.25, 0.3) is 5.65 Å². The van der Waals surface area contributed by atoms with Gasteiger partial charge in [0.15, 0.2) is 11.5 Å². The fourth-order valence-electron chi connectivity index (χ4n) is 1.81. The number of aryl methyl sites for hydroxylation is 1. The van der Waals surface area contributed by atoms with Crippen LogP contribution in [0, 0.1) is 0 Å². The van der Waals surface area contributed by atoms with Crippen LogP contribution in [0.15, 0.2) is 18.3 Å². The molecule has 2 aromatic rings. The van der Waals surface area contributed by atoms with E-state index < -0.39 is 0 Å². The first-order valence-electron chi connectivity index (χ1n) is 5.36. The molecule has 0 saturated heterocycles. The number of rotatable bonds is 2. The van der Waals surface area contributed by atoms with E-state index in [0.29, 0.717) is 0 Å². The molecule has 15 heavy (non-hydrogen) atoms. The number of hydrogen-bond donors (Lipinski definition) is 1. The Morgan fingerprint density at radius 1 is 1.53 bits per heavy atom. The van der Waals surface area contributed by atoms with E-state index in [4.69, 9.17) is 5.73 Å². The molecule has 1 aliphatic carbocycles. The van der Waals surface area contributed by atoms with Crippen molar-refractivity contribution in [3.05, 3.63) is 29.7 Å². The van der Waals surface area contributed by atoms with Crippen molar-refractivity contribution >= 4 is 5.65 Å². The van der Waals surface area contributed by atoms with Crippen molar-refractivity contribution in [2.45, 2.75) is 31.7 Å². The topological polar surface area (TPSA) is 56.2 Å². The Morgan fingerprint density at radius 2 is 2.33 bits per heavy atom. The number of nitrogens with zero attached hydrogens (tertiary/aromatic N) is 3. The Kier molecular flexibility index (Phi) is 1.65. The first-order chi connectivity index (χ1) is 7.21. The standard InChI is InChI=1S/C11H14N4/c1-2-9-13-10-7-8(11(12)4-5-11)3-6-15(10)14-9/h3,6-7H,2,4-5,12H2,1H3. The van der Waals surface area contributed by atoms with E-state index in [1.165, 1.54) is 5.56 Å². The molecule has 0 bridgehead atoms. The van der Waals surface area contributed by atoms with Gasteiger partial charge in [-0.3, -0.25) is 0 Å². The van der Waals surface area contributed by atoms with Crippen molar-refractivity contribution in [3.8, 4) is 0 Å². The maximum atomic E-state index is 6.14. The molecular formula is C11H14N4. The van der Waals surface area contributed by atoms with Crippen LogP contribution in [0.1, 0.15) is 31.2 Å². The summed E-state index contributed by atoms with van der Waals surface area (Å²) in [5.74, 6) is 0.883. The lowest BCUT2D eigenvalue weighted by molar-refractivity contribution is 0.736. The van der Waals surface area contributed by atoms with Gasteiger partial charge >= 0.3 is 0 Å². The van der Waals surface area contributed by atoms with Gasteiger partial charge in [-0.05, 0) is 30.5 Å². The number of nitrogens with two attached hydrogens (primary N) is 1. The van der Waals surface area contributed by atoms with E-state index in [1.807, 2.05) is 16.8 Å². The summed E-state index contributed by atoms with van der Waals surface area (Å²) in [6.07, 6.45) is 4.98. The summed E-state index contributed by atoms with van der Waals surface area (Å²) >= 11 is 0. The molecule has 1 fully saturated rings. The van der Waals surface area contributed by atoms with E-state index in [2.05, 4.69) is 23.1 Å². The highest BCUT2D eigenvalue weighted by atomic mass is 15.3. The highest BCUT2D eigenvalue weighted by molar-refractivity contribution is 5.44. The van der Waals surface area contributed by atoms with Gasteiger partial charge in [-0.15, -0.1) is 0 Å². The average Bonchev–Trinajstić information content (AvgIpc) is 2.86. The SMILES string of the molecule is CCc1nc2cc(C3(N)CC3)ccn2n1. The first kappa shape index (κ1) is 8.85. The van der Waals surface area contributed by atoms with Crippen LogP contribution < -0.4 is 5.73 Å². The molecule has 0 aliphatic heterocycles. The minimum absolute atomic E-state index is 0.0833. The second-order valence-corrected chi connectivity index (χ2v) is 4.26. The quantitative estimate of drug-likeness (QED) is 0.797. The van der Waals surface area contributed by atoms with E-state index in [9.17, 15) is 0 Å². The van der Waals surface area contributed by atoms with Gasteiger partial charge in [0.25, 0.3) is 0 Å². The molecule has 0 amide bonds. The maximum Gasteiger partial charge on any atom is 0.155 e. The highest BCUT2D eigenvalue weighted by Gasteiger charge is 2.40. The Morgan fingerprint density at radius 3 is 3.00 bits per heavy atom. The zero-order chi connectivity index (χ0) is 10.5. The van der Waals surface area contributed by atoms with Gasteiger partial charge in [-0.25, -0.2) is 9.50 Å². The minimum atomic E-state index is -0.0833. The number of fused-ring (bicyclic) bond motifs is 1. The number of hydrogen-bond acceptors (Lipinski definition) is 3. The molecule has 0 radical (unpaired) electrons. The third-order valence-corrected chi connectivity index (χ3v) is 3.06. The summed E-state index contributed by atoms with van der Waals surface area (Å²) in [7, 11) is 0. The lowest BCUT2D eigenvalue weighted by Crippen LogP contribution is -2.18. The van der Waals surface area contributed by atoms with Gasteiger partial charge in [0.05, 0.1) is 0 Å². The van der Waals surface area contributed by atoms with Gasteiger partial charge in [0.2, 0.25) is 0 Å². The van der Waals surface area contributed by atoms with Crippen LogP contribution in [0.3, 0.4) is 0 Å². The smallest absolute Gasteiger partial charge is 0.155 e. The molecule has 0 aromatic carbocycles. The van der Waals surface area contributed by atoms with Crippen LogP contribution in [0.2, 0.25) is 0 Å². The maximum absolute atomic E-state index is 6.14. The Hall–Kier alpha value is -1.42. The van der Waals surface area contributed by atoms with Gasteiger partial charge in [-0.2, -0.15) is 5.10 Å². The zero-order valence-corrected chi connectivity index (χ0v) is 8.77. The van der Waals surface area contributed by atoms with Gasteiger partial charge < -0.3 is 5.73 Å². The molecule has 2 N–H and O–H groups in total. The van der Waals surface area contributed by atoms with Crippen LogP contribution in [0.5, 0.6) is 0 Å². The van der Waals surface area contributed by atoms with Gasteiger partial charge in [0, 0.05) is 18.2 Å². The second-order valence-electron chi connectivity index (χ2n) is 4.26. The molecule has 3 rings (SSSR count). The van der Waals surface area contributed by atoms with E-state index in [0.717, 1.165) is 30.7 Å². The fourth-order valence-corrected chi connectivity index (χ4v) is 1.81. The molecule has 4 nitrogen and oxygen atoms in total. The van der Waals surface area contributed by atoms with Crippen molar-refractivity contribution in [1.82, 2.24) is 14.6 Å². The molecular weight excluding hydrogens is 188 g/mol. The van der Waals surface area contributed by atoms with E-state index in [1.54, 1.807) is 0 Å². The van der Waals surface area contributed by atoms with Crippen molar-refractivity contribution in [1.29, 1.82) is 0 Å². The lowest BCUT2D eigenvalue weighted by Gasteiger charge is -2.07. The molecule has 1 aliphatic rings. The third-order valence-electron chi connectivity index (χ3n) is 3.06. The minimum Gasteiger partial charge on any atom is -0.321 e. The summed E-state index contributed by atoms with van der Waals surface area (Å²) < 4.78 is 1.81. The predicted molar refractivity (Wildman–Crippen MR) is 57.5 cm³/mol. The van der Waals surface area contributed by atoms with E-state index in [-0.39, 0.29) is 5.54 Å². The van der Waals surface area contributed by atoms with Gasteiger partial charge in [-0.1, -0.05) is 6.92 Å². The lowest BCUT2D eigenvalue weighted by atomic mass is 10.1. The summed E-state index contributed by atoms with van der Waals surface area (Å²) in [5, 5.41) is 4.34. The van der Waals surface area contributed by atoms with E-state index >= 15 is 0 Å². The largest absolute Gasteiger partial charge is 0.321 e. The summed E-state index contributed by atoms with van der Waals surface area (Å²) in [5.41, 5.74) is 8.15. The second kappa shape index (κ2) is 2.79. The average molecular weight is 202 g/mol. The normalized spacial score (nSPS) is 18.3. The Balaban J connectivity index is 2.13. The van der Waals surface area contributed by atoms with Crippen LogP contribution in [-0.2, 0) is 12.0 Å². The zero-order valence-electron chi connectivity index (χ0n) is 8.77. The summed E-state index contributed by atoms with van der Waals surface area (Å²) in [6.45, 7) is 2.06. The van der Waals surface area contributed by atoms with Crippen molar-refractivity contribution < 1.29 is 0 Å². The fraction of sp³-hybridized carbons (Fsp3) is 0.455. The Bertz CT molecular complexity index is 510. The molecule has 1 saturated carbocycles. The molecule has 4 heteroatoms. The predicted octanol–water partition coefficient (Wildman–Crippen LogP) is 1.24. The summed E-state index contributed by atoms with van der Waals surface area (Å²) in [6, 6.07) is 4.10. The van der Waals surface area contributed by atoms with Crippen molar-refractivity contribution in [2.75, 3.05) is 0 Å². The van der Waals surface area contributed by atoms with Gasteiger partial charge in [0.1, 0.15) is 0 Å². The number of aromatic nitrogens is 3. The molecule has 0 atom stereocenters. The first-order valence-corrected chi connectivity index (χ1v) is 5.36. The Labute approximate surface area is 88.1 Å². The molecule has 2 aromatic heterocycles. The van der Waals surface area contributed by atoms with Crippen molar-refractivity contribution in [2.24, 2.45) is 5.73 Å². The highest BCUT2D eigenvalue weighted by Crippen LogP contribution is 2.42. The molecule has 2 heterocycles. The third kappa shape index (κ3) is 1.33. The van der Waals surface area contributed by atoms with Crippen molar-refractivity contribution in [3.63, 3.8) is 0 Å². The van der Waals surface area contributed by atoms with Crippen LogP contribution in [-0.4, -0.2) is 14.6 Å². The number of pyridine rings is 1. The van der Waals surface area contributed by atoms with Crippen LogP contribution >= 0.6 is 0 Å². The monoisotopic (exact) mass is 202 g/mol.